The molecule has 4 atom stereocenters. The third kappa shape index (κ3) is 3.40. The Morgan fingerprint density at radius 3 is 2.82 bits per heavy atom. The van der Waals surface area contributed by atoms with E-state index >= 15 is 0 Å². The minimum Gasteiger partial charge on any atom is -0.468 e. The summed E-state index contributed by atoms with van der Waals surface area (Å²) in [6.45, 7) is 4.21. The Hall–Kier alpha value is -2.37. The molecule has 1 aromatic carbocycles. The van der Waals surface area contributed by atoms with Gasteiger partial charge in [0.1, 0.15) is 5.76 Å². The Morgan fingerprint density at radius 2 is 2.07 bits per heavy atom. The Kier molecular flexibility index (Phi) is 4.79. The van der Waals surface area contributed by atoms with Crippen LogP contribution in [-0.2, 0) is 13.6 Å². The van der Waals surface area contributed by atoms with Crippen molar-refractivity contribution in [2.75, 3.05) is 19.6 Å². The van der Waals surface area contributed by atoms with Gasteiger partial charge in [-0.05, 0) is 43.5 Å². The van der Waals surface area contributed by atoms with Crippen molar-refractivity contribution in [2.24, 2.45) is 13.0 Å². The summed E-state index contributed by atoms with van der Waals surface area (Å²) in [5.41, 5.74) is 3.67. The second-order valence-corrected chi connectivity index (χ2v) is 8.19. The SMILES string of the molecule is Cn1nc(-c2ccccc2)cc1C1CN2CCC1CC2CNCc1ccco1. The van der Waals surface area contributed by atoms with E-state index in [-0.39, 0.29) is 0 Å². The number of hydrogen-bond acceptors (Lipinski definition) is 4. The third-order valence-corrected chi connectivity index (χ3v) is 6.50. The first-order valence-electron chi connectivity index (χ1n) is 10.3. The Morgan fingerprint density at radius 1 is 1.18 bits per heavy atom. The highest BCUT2D eigenvalue weighted by molar-refractivity contribution is 5.59. The molecule has 0 saturated carbocycles. The van der Waals surface area contributed by atoms with Gasteiger partial charge in [-0.15, -0.1) is 0 Å². The maximum absolute atomic E-state index is 5.43. The van der Waals surface area contributed by atoms with E-state index in [1.165, 1.54) is 30.6 Å². The fourth-order valence-corrected chi connectivity index (χ4v) is 5.04. The Bertz CT molecular complexity index is 902. The van der Waals surface area contributed by atoms with Gasteiger partial charge < -0.3 is 9.73 Å². The van der Waals surface area contributed by atoms with E-state index in [1.54, 1.807) is 6.26 Å². The van der Waals surface area contributed by atoms with Crippen molar-refractivity contribution in [3.05, 3.63) is 66.2 Å². The van der Waals surface area contributed by atoms with Gasteiger partial charge in [0.05, 0.1) is 18.5 Å². The highest BCUT2D eigenvalue weighted by atomic mass is 16.3. The summed E-state index contributed by atoms with van der Waals surface area (Å²) in [4.78, 5) is 2.68. The van der Waals surface area contributed by atoms with Gasteiger partial charge in [0.2, 0.25) is 0 Å². The molecular weight excluding hydrogens is 348 g/mol. The van der Waals surface area contributed by atoms with E-state index in [9.17, 15) is 0 Å². The molecule has 0 spiro atoms. The molecule has 6 rings (SSSR count). The lowest BCUT2D eigenvalue weighted by Gasteiger charge is -2.50. The van der Waals surface area contributed by atoms with Crippen LogP contribution in [0.2, 0.25) is 0 Å². The lowest BCUT2D eigenvalue weighted by molar-refractivity contribution is 0.0280. The molecule has 5 heteroatoms. The highest BCUT2D eigenvalue weighted by Crippen LogP contribution is 2.42. The summed E-state index contributed by atoms with van der Waals surface area (Å²) in [6, 6.07) is 17.4. The van der Waals surface area contributed by atoms with Crippen LogP contribution in [0.25, 0.3) is 11.3 Å². The zero-order chi connectivity index (χ0) is 18.9. The molecule has 5 heterocycles. The Balaban J connectivity index is 1.26. The molecule has 3 aromatic rings. The second-order valence-electron chi connectivity index (χ2n) is 8.19. The summed E-state index contributed by atoms with van der Waals surface area (Å²) >= 11 is 0. The van der Waals surface area contributed by atoms with Crippen LogP contribution in [0.1, 0.15) is 30.2 Å². The van der Waals surface area contributed by atoms with Crippen molar-refractivity contribution in [1.29, 1.82) is 0 Å². The van der Waals surface area contributed by atoms with Crippen LogP contribution >= 0.6 is 0 Å². The molecule has 28 heavy (non-hydrogen) atoms. The largest absolute Gasteiger partial charge is 0.468 e. The molecule has 2 aromatic heterocycles. The first kappa shape index (κ1) is 17.7. The van der Waals surface area contributed by atoms with Gasteiger partial charge >= 0.3 is 0 Å². The summed E-state index contributed by atoms with van der Waals surface area (Å²) in [5, 5.41) is 8.39. The molecule has 3 aliphatic rings. The molecule has 3 fully saturated rings. The molecule has 0 aliphatic carbocycles. The number of piperidine rings is 3. The predicted molar refractivity (Wildman–Crippen MR) is 110 cm³/mol. The van der Waals surface area contributed by atoms with Crippen LogP contribution in [-0.4, -0.2) is 40.4 Å². The van der Waals surface area contributed by atoms with Gasteiger partial charge in [0, 0.05) is 43.4 Å². The van der Waals surface area contributed by atoms with Crippen LogP contribution in [0.3, 0.4) is 0 Å². The second kappa shape index (κ2) is 7.57. The minimum atomic E-state index is 0.588. The summed E-state index contributed by atoms with van der Waals surface area (Å²) in [6.07, 6.45) is 4.30. The summed E-state index contributed by atoms with van der Waals surface area (Å²) in [7, 11) is 2.10. The Labute approximate surface area is 166 Å². The van der Waals surface area contributed by atoms with Crippen LogP contribution in [0.4, 0.5) is 0 Å². The minimum absolute atomic E-state index is 0.588. The lowest BCUT2D eigenvalue weighted by Crippen LogP contribution is -2.55. The van der Waals surface area contributed by atoms with Crippen molar-refractivity contribution in [2.45, 2.75) is 31.3 Å². The monoisotopic (exact) mass is 376 g/mol. The van der Waals surface area contributed by atoms with Gasteiger partial charge in [-0.3, -0.25) is 9.58 Å². The van der Waals surface area contributed by atoms with Crippen molar-refractivity contribution in [1.82, 2.24) is 20.0 Å². The number of fused-ring (bicyclic) bond motifs is 3. The van der Waals surface area contributed by atoms with Gasteiger partial charge in [-0.25, -0.2) is 0 Å². The maximum atomic E-state index is 5.43. The van der Waals surface area contributed by atoms with E-state index in [0.717, 1.165) is 37.0 Å². The average Bonchev–Trinajstić information content (AvgIpc) is 3.39. The number of benzene rings is 1. The number of nitrogens with one attached hydrogen (secondary N) is 1. The fourth-order valence-electron chi connectivity index (χ4n) is 5.04. The summed E-state index contributed by atoms with van der Waals surface area (Å²) in [5.74, 6) is 2.35. The predicted octanol–water partition coefficient (Wildman–Crippen LogP) is 3.65. The lowest BCUT2D eigenvalue weighted by atomic mass is 9.74. The van der Waals surface area contributed by atoms with Crippen molar-refractivity contribution >= 4 is 0 Å². The molecule has 5 nitrogen and oxygen atoms in total. The topological polar surface area (TPSA) is 46.2 Å². The summed E-state index contributed by atoms with van der Waals surface area (Å²) < 4.78 is 7.54. The molecule has 3 saturated heterocycles. The zero-order valence-electron chi connectivity index (χ0n) is 16.4. The quantitative estimate of drug-likeness (QED) is 0.713. The first-order chi connectivity index (χ1) is 13.8. The van der Waals surface area contributed by atoms with Gasteiger partial charge in [-0.2, -0.15) is 5.10 Å². The number of hydrogen-bond donors (Lipinski definition) is 1. The van der Waals surface area contributed by atoms with Crippen molar-refractivity contribution in [3.8, 4) is 11.3 Å². The average molecular weight is 377 g/mol. The standard InChI is InChI=1S/C23H28N4O/c1-26-23(13-22(25-26)17-6-3-2-4-7-17)21-16-27-10-9-18(21)12-19(27)14-24-15-20-8-5-11-28-20/h2-8,11,13,18-19,21,24H,9-10,12,14-16H2,1H3. The van der Waals surface area contributed by atoms with Crippen LogP contribution in [0, 0.1) is 5.92 Å². The van der Waals surface area contributed by atoms with E-state index in [0.29, 0.717) is 12.0 Å². The van der Waals surface area contributed by atoms with Crippen molar-refractivity contribution in [3.63, 3.8) is 0 Å². The molecular formula is C23H28N4O. The van der Waals surface area contributed by atoms with Gasteiger partial charge in [0.25, 0.3) is 0 Å². The normalized spacial score (nSPS) is 26.6. The van der Waals surface area contributed by atoms with Crippen LogP contribution in [0.15, 0.2) is 59.2 Å². The molecule has 0 amide bonds. The van der Waals surface area contributed by atoms with Gasteiger partial charge in [-0.1, -0.05) is 30.3 Å². The van der Waals surface area contributed by atoms with Crippen LogP contribution in [0.5, 0.6) is 0 Å². The van der Waals surface area contributed by atoms with Crippen molar-refractivity contribution < 1.29 is 4.42 Å². The van der Waals surface area contributed by atoms with E-state index < -0.39 is 0 Å². The van der Waals surface area contributed by atoms with Crippen LogP contribution < -0.4 is 5.32 Å². The maximum Gasteiger partial charge on any atom is 0.117 e. The first-order valence-corrected chi connectivity index (χ1v) is 10.3. The molecule has 0 radical (unpaired) electrons. The molecule has 146 valence electrons. The third-order valence-electron chi connectivity index (χ3n) is 6.50. The number of nitrogens with zero attached hydrogens (tertiary/aromatic N) is 3. The highest BCUT2D eigenvalue weighted by Gasteiger charge is 2.41. The van der Waals surface area contributed by atoms with E-state index in [1.807, 2.05) is 12.1 Å². The number of aromatic nitrogens is 2. The molecule has 2 bridgehead atoms. The van der Waals surface area contributed by atoms with E-state index in [4.69, 9.17) is 9.52 Å². The number of furan rings is 1. The molecule has 1 N–H and O–H groups in total. The fraction of sp³-hybridized carbons (Fsp3) is 0.435. The van der Waals surface area contributed by atoms with Gasteiger partial charge in [0.15, 0.2) is 0 Å². The zero-order valence-corrected chi connectivity index (χ0v) is 16.4. The molecule has 3 aliphatic heterocycles. The number of rotatable bonds is 6. The number of aryl methyl sites for hydroxylation is 1. The van der Waals surface area contributed by atoms with E-state index in [2.05, 4.69) is 58.3 Å². The smallest absolute Gasteiger partial charge is 0.117 e. The molecule has 4 unspecified atom stereocenters.